The van der Waals surface area contributed by atoms with E-state index in [4.69, 9.17) is 32.2 Å². The summed E-state index contributed by atoms with van der Waals surface area (Å²) < 4.78 is 53.3. The zero-order chi connectivity index (χ0) is 29.6. The fraction of sp³-hybridized carbons (Fsp3) is 0.207. The largest absolute Gasteiger partial charge is 0.350 e. The minimum Gasteiger partial charge on any atom is -0.348 e. The van der Waals surface area contributed by atoms with Crippen LogP contribution in [0.5, 0.6) is 0 Å². The molecule has 4 rings (SSSR count). The summed E-state index contributed by atoms with van der Waals surface area (Å²) in [6.07, 6.45) is -0.593. The van der Waals surface area contributed by atoms with Crippen LogP contribution in [0.1, 0.15) is 29.8 Å². The van der Waals surface area contributed by atoms with E-state index in [9.17, 15) is 17.8 Å². The van der Waals surface area contributed by atoms with Gasteiger partial charge in [0.15, 0.2) is 0 Å². The Balaban J connectivity index is 1.77. The predicted molar refractivity (Wildman–Crippen MR) is 163 cm³/mol. The normalized spacial score (nSPS) is 11.9. The van der Waals surface area contributed by atoms with E-state index in [0.29, 0.717) is 22.9 Å². The monoisotopic (exact) mass is 634 g/mol. The summed E-state index contributed by atoms with van der Waals surface area (Å²) in [6, 6.07) is 23.4. The molecule has 0 aliphatic carbocycles. The van der Waals surface area contributed by atoms with E-state index in [1.54, 1.807) is 50.2 Å². The first kappa shape index (κ1) is 31.0. The van der Waals surface area contributed by atoms with Crippen molar-refractivity contribution in [2.24, 2.45) is 0 Å². The molecule has 0 saturated heterocycles. The predicted octanol–water partition coefficient (Wildman–Crippen LogP) is 7.50. The molecule has 4 aromatic rings. The number of benzene rings is 4. The molecule has 0 radical (unpaired) electrons. The summed E-state index contributed by atoms with van der Waals surface area (Å²) in [7, 11) is -8.24. The summed E-state index contributed by atoms with van der Waals surface area (Å²) in [5.74, 6) is -0.276. The minimum atomic E-state index is -4.35. The molecule has 0 aliphatic rings. The first-order chi connectivity index (χ1) is 19.6. The van der Waals surface area contributed by atoms with Crippen molar-refractivity contribution in [3.05, 3.63) is 106 Å². The molecule has 0 atom stereocenters. The summed E-state index contributed by atoms with van der Waals surface area (Å²) in [4.78, 5) is 12.9. The SMILES string of the molecule is CCOP(=O)(CN(c1ccc2c(C(=O)NCc3ccccc3)cccc2c1)S(=O)(=O)c1cc(Cl)cc(Cl)c1)OCC. The van der Waals surface area contributed by atoms with Crippen LogP contribution in [-0.4, -0.2) is 33.8 Å². The third-order valence-corrected chi connectivity index (χ3v) is 10.4. The Morgan fingerprint density at radius 3 is 2.17 bits per heavy atom. The van der Waals surface area contributed by atoms with Gasteiger partial charge in [-0.25, -0.2) is 8.42 Å². The van der Waals surface area contributed by atoms with Crippen molar-refractivity contribution in [1.29, 1.82) is 0 Å². The first-order valence-electron chi connectivity index (χ1n) is 12.8. The van der Waals surface area contributed by atoms with Crippen LogP contribution in [0.3, 0.4) is 0 Å². The van der Waals surface area contributed by atoms with Crippen molar-refractivity contribution in [2.75, 3.05) is 23.8 Å². The van der Waals surface area contributed by atoms with Crippen molar-refractivity contribution >= 4 is 63.2 Å². The molecule has 8 nitrogen and oxygen atoms in total. The highest BCUT2D eigenvalue weighted by molar-refractivity contribution is 7.93. The van der Waals surface area contributed by atoms with Crippen LogP contribution in [0.4, 0.5) is 5.69 Å². The van der Waals surface area contributed by atoms with Crippen LogP contribution < -0.4 is 9.62 Å². The quantitative estimate of drug-likeness (QED) is 0.162. The Labute approximate surface area is 249 Å². The zero-order valence-electron chi connectivity index (χ0n) is 22.4. The second-order valence-electron chi connectivity index (χ2n) is 8.93. The van der Waals surface area contributed by atoms with E-state index >= 15 is 0 Å². The van der Waals surface area contributed by atoms with Crippen LogP contribution in [0.2, 0.25) is 10.0 Å². The minimum absolute atomic E-state index is 0.0489. The second kappa shape index (κ2) is 13.4. The van der Waals surface area contributed by atoms with Crippen LogP contribution in [0, 0.1) is 0 Å². The number of fused-ring (bicyclic) bond motifs is 1. The number of carbonyl (C=O) groups excluding carboxylic acids is 1. The van der Waals surface area contributed by atoms with Gasteiger partial charge >= 0.3 is 7.60 Å². The number of sulfonamides is 1. The average Bonchev–Trinajstić information content (AvgIpc) is 2.94. The molecular weight excluding hydrogens is 606 g/mol. The Kier molecular flexibility index (Phi) is 10.1. The van der Waals surface area contributed by atoms with Gasteiger partial charge < -0.3 is 14.4 Å². The molecule has 0 unspecified atom stereocenters. The molecule has 0 heterocycles. The molecule has 0 aromatic heterocycles. The van der Waals surface area contributed by atoms with Gasteiger partial charge in [0, 0.05) is 22.2 Å². The molecule has 0 saturated carbocycles. The Morgan fingerprint density at radius 1 is 0.878 bits per heavy atom. The van der Waals surface area contributed by atoms with Gasteiger partial charge in [0.2, 0.25) is 0 Å². The van der Waals surface area contributed by atoms with Crippen LogP contribution >= 0.6 is 30.8 Å². The number of anilines is 1. The number of nitrogens with zero attached hydrogens (tertiary/aromatic N) is 1. The second-order valence-corrected chi connectivity index (χ2v) is 13.7. The fourth-order valence-corrected chi connectivity index (χ4v) is 8.66. The molecule has 1 amide bonds. The van der Waals surface area contributed by atoms with E-state index in [1.807, 2.05) is 30.3 Å². The van der Waals surface area contributed by atoms with Gasteiger partial charge in [-0.05, 0) is 66.6 Å². The van der Waals surface area contributed by atoms with Crippen molar-refractivity contribution in [2.45, 2.75) is 25.3 Å². The van der Waals surface area contributed by atoms with Crippen LogP contribution in [0.15, 0.2) is 89.8 Å². The highest BCUT2D eigenvalue weighted by atomic mass is 35.5. The lowest BCUT2D eigenvalue weighted by molar-refractivity contribution is 0.0952. The van der Waals surface area contributed by atoms with Gasteiger partial charge in [-0.3, -0.25) is 13.7 Å². The summed E-state index contributed by atoms with van der Waals surface area (Å²) in [6.45, 7) is 3.73. The van der Waals surface area contributed by atoms with Crippen molar-refractivity contribution < 1.29 is 26.8 Å². The molecule has 0 spiro atoms. The van der Waals surface area contributed by atoms with Crippen LogP contribution in [-0.2, 0) is 30.2 Å². The van der Waals surface area contributed by atoms with E-state index in [2.05, 4.69) is 5.32 Å². The lowest BCUT2D eigenvalue weighted by atomic mass is 10.0. The number of carbonyl (C=O) groups is 1. The molecule has 1 N–H and O–H groups in total. The number of rotatable bonds is 12. The Bertz CT molecular complexity index is 1670. The molecule has 12 heteroatoms. The summed E-state index contributed by atoms with van der Waals surface area (Å²) >= 11 is 12.2. The Morgan fingerprint density at radius 2 is 1.54 bits per heavy atom. The third-order valence-electron chi connectivity index (χ3n) is 6.07. The molecule has 216 valence electrons. The van der Waals surface area contributed by atoms with Gasteiger partial charge in [0.05, 0.1) is 23.8 Å². The maximum Gasteiger partial charge on any atom is 0.350 e. The molecular formula is C29H29Cl2N2O6PS. The first-order valence-corrected chi connectivity index (χ1v) is 16.7. The molecule has 0 fully saturated rings. The van der Waals surface area contributed by atoms with Crippen molar-refractivity contribution in [3.63, 3.8) is 0 Å². The van der Waals surface area contributed by atoms with Crippen molar-refractivity contribution in [1.82, 2.24) is 5.32 Å². The third kappa shape index (κ3) is 7.49. The van der Waals surface area contributed by atoms with E-state index in [0.717, 1.165) is 9.87 Å². The number of nitrogens with one attached hydrogen (secondary N) is 1. The smallest absolute Gasteiger partial charge is 0.348 e. The standard InChI is InChI=1S/C29H29Cl2N2O6PS/c1-3-38-40(35,39-4-2)20-33(41(36,37)26-17-23(30)16-24(31)18-26)25-13-14-27-22(15-25)11-8-12-28(27)29(34)32-19-21-9-6-5-7-10-21/h5-18H,3-4,19-20H2,1-2H3,(H,32,34). The molecule has 4 aromatic carbocycles. The van der Waals surface area contributed by atoms with Crippen LogP contribution in [0.25, 0.3) is 10.8 Å². The van der Waals surface area contributed by atoms with E-state index in [-0.39, 0.29) is 39.7 Å². The number of amides is 1. The van der Waals surface area contributed by atoms with E-state index < -0.39 is 23.9 Å². The lowest BCUT2D eigenvalue weighted by Crippen LogP contribution is -2.33. The number of hydrogen-bond acceptors (Lipinski definition) is 6. The van der Waals surface area contributed by atoms with Gasteiger partial charge in [-0.2, -0.15) is 0 Å². The average molecular weight is 636 g/mol. The Hall–Kier alpha value is -2.91. The maximum atomic E-state index is 14.0. The van der Waals surface area contributed by atoms with Gasteiger partial charge in [-0.15, -0.1) is 0 Å². The van der Waals surface area contributed by atoms with Gasteiger partial charge in [0.1, 0.15) is 6.29 Å². The summed E-state index contributed by atoms with van der Waals surface area (Å²) in [5, 5.41) is 4.38. The van der Waals surface area contributed by atoms with E-state index in [1.165, 1.54) is 18.2 Å². The highest BCUT2D eigenvalue weighted by Gasteiger charge is 2.35. The molecule has 41 heavy (non-hydrogen) atoms. The van der Waals surface area contributed by atoms with Gasteiger partial charge in [-0.1, -0.05) is 71.7 Å². The molecule has 0 bridgehead atoms. The van der Waals surface area contributed by atoms with Gasteiger partial charge in [0.25, 0.3) is 15.9 Å². The fourth-order valence-electron chi connectivity index (χ4n) is 4.27. The lowest BCUT2D eigenvalue weighted by Gasteiger charge is -2.28. The zero-order valence-corrected chi connectivity index (χ0v) is 25.6. The topological polar surface area (TPSA) is 102 Å². The molecule has 0 aliphatic heterocycles. The maximum absolute atomic E-state index is 14.0. The summed E-state index contributed by atoms with van der Waals surface area (Å²) in [5.41, 5.74) is 1.57. The number of halogens is 2. The number of hydrogen-bond donors (Lipinski definition) is 1. The van der Waals surface area contributed by atoms with Crippen molar-refractivity contribution in [3.8, 4) is 0 Å². The highest BCUT2D eigenvalue weighted by Crippen LogP contribution is 2.50.